The Kier molecular flexibility index (Phi) is 3.45. The molecule has 3 N–H and O–H groups in total. The van der Waals surface area contributed by atoms with Crippen molar-refractivity contribution in [1.29, 1.82) is 0 Å². The van der Waals surface area contributed by atoms with Crippen LogP contribution in [0.1, 0.15) is 11.3 Å². The van der Waals surface area contributed by atoms with Crippen LogP contribution in [-0.2, 0) is 6.42 Å². The molecular formula is C12H13ClF2N2O. The Balaban J connectivity index is 2.45. The predicted molar refractivity (Wildman–Crippen MR) is 67.2 cm³/mol. The molecule has 0 spiro atoms. The first-order valence-electron chi connectivity index (χ1n) is 5.48. The Morgan fingerprint density at radius 2 is 2.17 bits per heavy atom. The van der Waals surface area contributed by atoms with E-state index < -0.39 is 5.57 Å². The number of fused-ring (bicyclic) bond motifs is 1. The van der Waals surface area contributed by atoms with Gasteiger partial charge in [0.2, 0.25) is 0 Å². The van der Waals surface area contributed by atoms with E-state index in [4.69, 9.17) is 17.3 Å². The maximum Gasteiger partial charge on any atom is 0.487 e. The number of nitrogens with one attached hydrogen (secondary N) is 1. The van der Waals surface area contributed by atoms with Gasteiger partial charge in [0.15, 0.2) is 0 Å². The molecule has 2 aromatic rings. The van der Waals surface area contributed by atoms with Crippen molar-refractivity contribution >= 4 is 22.5 Å². The number of benzene rings is 1. The maximum absolute atomic E-state index is 12.6. The van der Waals surface area contributed by atoms with Crippen molar-refractivity contribution in [3.63, 3.8) is 0 Å². The monoisotopic (exact) mass is 274 g/mol. The molecule has 0 unspecified atom stereocenters. The summed E-state index contributed by atoms with van der Waals surface area (Å²) >= 11 is 4.74. The predicted octanol–water partition coefficient (Wildman–Crippen LogP) is 3.15. The van der Waals surface area contributed by atoms with Crippen molar-refractivity contribution in [2.24, 2.45) is 5.73 Å². The zero-order chi connectivity index (χ0) is 13.3. The molecule has 0 atom stereocenters. The van der Waals surface area contributed by atoms with Gasteiger partial charge in [-0.3, -0.25) is 0 Å². The highest BCUT2D eigenvalue weighted by Gasteiger charge is 2.27. The van der Waals surface area contributed by atoms with Crippen LogP contribution in [-0.4, -0.2) is 17.1 Å². The van der Waals surface area contributed by atoms with E-state index in [2.05, 4.69) is 9.72 Å². The van der Waals surface area contributed by atoms with Crippen LogP contribution in [0, 0.1) is 6.92 Å². The van der Waals surface area contributed by atoms with Crippen molar-refractivity contribution in [2.75, 3.05) is 6.54 Å². The summed E-state index contributed by atoms with van der Waals surface area (Å²) in [7, 11) is 0. The number of halogens is 3. The summed E-state index contributed by atoms with van der Waals surface area (Å²) in [5, 5.41) is 0.830. The van der Waals surface area contributed by atoms with E-state index in [1.54, 1.807) is 12.1 Å². The molecule has 0 bridgehead atoms. The SMILES string of the molecule is Cc1[nH]c2ccc(OC(F)(F)Cl)cc2c1CCN. The van der Waals surface area contributed by atoms with Crippen molar-refractivity contribution in [3.8, 4) is 5.75 Å². The highest BCUT2D eigenvalue weighted by molar-refractivity contribution is 6.20. The molecule has 3 nitrogen and oxygen atoms in total. The van der Waals surface area contributed by atoms with E-state index in [0.717, 1.165) is 22.2 Å². The molecule has 0 amide bonds. The quantitative estimate of drug-likeness (QED) is 0.842. The number of aromatic nitrogens is 1. The minimum atomic E-state index is -3.70. The third kappa shape index (κ3) is 2.73. The zero-order valence-corrected chi connectivity index (χ0v) is 10.5. The topological polar surface area (TPSA) is 51.0 Å². The van der Waals surface area contributed by atoms with Crippen molar-refractivity contribution < 1.29 is 13.5 Å². The van der Waals surface area contributed by atoms with E-state index in [0.29, 0.717) is 13.0 Å². The average molecular weight is 275 g/mol. The second kappa shape index (κ2) is 4.74. The first kappa shape index (κ1) is 13.1. The Morgan fingerprint density at radius 1 is 1.44 bits per heavy atom. The van der Waals surface area contributed by atoms with Gasteiger partial charge in [0.05, 0.1) is 0 Å². The van der Waals surface area contributed by atoms with Gasteiger partial charge in [0.1, 0.15) is 5.75 Å². The molecule has 18 heavy (non-hydrogen) atoms. The van der Waals surface area contributed by atoms with Crippen molar-refractivity contribution in [1.82, 2.24) is 4.98 Å². The molecular weight excluding hydrogens is 262 g/mol. The van der Waals surface area contributed by atoms with Crippen molar-refractivity contribution in [3.05, 3.63) is 29.5 Å². The Labute approximate surface area is 108 Å². The molecule has 0 saturated carbocycles. The zero-order valence-electron chi connectivity index (χ0n) is 9.77. The molecule has 0 aliphatic rings. The number of hydrogen-bond acceptors (Lipinski definition) is 2. The molecule has 0 saturated heterocycles. The number of aromatic amines is 1. The highest BCUT2D eigenvalue weighted by Crippen LogP contribution is 2.30. The van der Waals surface area contributed by atoms with E-state index in [-0.39, 0.29) is 5.75 Å². The standard InChI is InChI=1S/C12H13ClF2N2O/c1-7-9(4-5-16)10-6-8(18-12(13,14)15)2-3-11(10)17-7/h2-3,6,17H,4-5,16H2,1H3. The molecule has 0 aliphatic carbocycles. The molecule has 1 aromatic heterocycles. The summed E-state index contributed by atoms with van der Waals surface area (Å²) in [4.78, 5) is 3.17. The van der Waals surface area contributed by atoms with Crippen LogP contribution >= 0.6 is 11.6 Å². The van der Waals surface area contributed by atoms with Crippen LogP contribution in [0.3, 0.4) is 0 Å². The number of H-pyrrole nitrogens is 1. The highest BCUT2D eigenvalue weighted by atomic mass is 35.5. The second-order valence-electron chi connectivity index (χ2n) is 4.02. The fraction of sp³-hybridized carbons (Fsp3) is 0.333. The summed E-state index contributed by atoms with van der Waals surface area (Å²) in [6.45, 7) is 2.41. The summed E-state index contributed by atoms with van der Waals surface area (Å²) in [6, 6.07) is 4.67. The lowest BCUT2D eigenvalue weighted by atomic mass is 10.1. The third-order valence-corrected chi connectivity index (χ3v) is 2.80. The molecule has 0 aliphatic heterocycles. The summed E-state index contributed by atoms with van der Waals surface area (Å²) < 4.78 is 29.5. The minimum absolute atomic E-state index is 0.0276. The van der Waals surface area contributed by atoms with Crippen LogP contribution in [0.15, 0.2) is 18.2 Å². The van der Waals surface area contributed by atoms with Gasteiger partial charge in [-0.05, 0) is 43.7 Å². The maximum atomic E-state index is 12.6. The lowest BCUT2D eigenvalue weighted by Gasteiger charge is -2.10. The Bertz CT molecular complexity index is 563. The molecule has 2 rings (SSSR count). The summed E-state index contributed by atoms with van der Waals surface area (Å²) in [6.07, 6.45) is 0.673. The van der Waals surface area contributed by atoms with Crippen LogP contribution in [0.2, 0.25) is 0 Å². The van der Waals surface area contributed by atoms with Gasteiger partial charge in [-0.1, -0.05) is 0 Å². The number of ether oxygens (including phenoxy) is 1. The second-order valence-corrected chi connectivity index (χ2v) is 4.46. The van der Waals surface area contributed by atoms with Gasteiger partial charge in [0.25, 0.3) is 0 Å². The molecule has 0 fully saturated rings. The van der Waals surface area contributed by atoms with Gasteiger partial charge in [-0.25, -0.2) is 0 Å². The Morgan fingerprint density at radius 3 is 2.78 bits per heavy atom. The number of rotatable bonds is 4. The third-order valence-electron chi connectivity index (χ3n) is 2.72. The summed E-state index contributed by atoms with van der Waals surface area (Å²) in [5.74, 6) is 0.0276. The fourth-order valence-electron chi connectivity index (χ4n) is 2.03. The number of hydrogen-bond donors (Lipinski definition) is 2. The smallest absolute Gasteiger partial charge is 0.420 e. The molecule has 0 radical (unpaired) electrons. The lowest BCUT2D eigenvalue weighted by molar-refractivity contribution is -0.0963. The van der Waals surface area contributed by atoms with Crippen LogP contribution < -0.4 is 10.5 Å². The van der Waals surface area contributed by atoms with E-state index in [1.165, 1.54) is 6.07 Å². The lowest BCUT2D eigenvalue weighted by Crippen LogP contribution is -2.15. The number of aryl methyl sites for hydroxylation is 1. The molecule has 6 heteroatoms. The summed E-state index contributed by atoms with van der Waals surface area (Å²) in [5.41, 5.74) is 4.68. The Hall–Kier alpha value is -1.33. The largest absolute Gasteiger partial charge is 0.487 e. The van der Waals surface area contributed by atoms with Crippen molar-refractivity contribution in [2.45, 2.75) is 18.9 Å². The van der Waals surface area contributed by atoms with Gasteiger partial charge in [0, 0.05) is 28.2 Å². The van der Waals surface area contributed by atoms with Gasteiger partial charge >= 0.3 is 5.57 Å². The van der Waals surface area contributed by atoms with E-state index in [1.807, 2.05) is 6.92 Å². The van der Waals surface area contributed by atoms with E-state index >= 15 is 0 Å². The molecule has 1 aromatic carbocycles. The van der Waals surface area contributed by atoms with Gasteiger partial charge < -0.3 is 15.5 Å². The first-order chi connectivity index (χ1) is 8.40. The van der Waals surface area contributed by atoms with Gasteiger partial charge in [-0.15, -0.1) is 8.78 Å². The molecule has 98 valence electrons. The molecule has 1 heterocycles. The van der Waals surface area contributed by atoms with E-state index in [9.17, 15) is 8.78 Å². The average Bonchev–Trinajstić information content (AvgIpc) is 2.54. The number of nitrogens with two attached hydrogens (primary N) is 1. The fourth-order valence-corrected chi connectivity index (χ4v) is 2.11. The minimum Gasteiger partial charge on any atom is -0.420 e. The van der Waals surface area contributed by atoms with Crippen LogP contribution in [0.5, 0.6) is 5.75 Å². The number of alkyl halides is 3. The normalized spacial score (nSPS) is 12.1. The van der Waals surface area contributed by atoms with Crippen LogP contribution in [0.25, 0.3) is 10.9 Å². The van der Waals surface area contributed by atoms with Gasteiger partial charge in [-0.2, -0.15) is 0 Å². The van der Waals surface area contributed by atoms with Crippen LogP contribution in [0.4, 0.5) is 8.78 Å². The first-order valence-corrected chi connectivity index (χ1v) is 5.85.